The summed E-state index contributed by atoms with van der Waals surface area (Å²) in [6.45, 7) is 6.44. The molecule has 0 atom stereocenters. The maximum absolute atomic E-state index is 13.1. The van der Waals surface area contributed by atoms with E-state index in [0.717, 1.165) is 11.0 Å². The molecule has 0 bridgehead atoms. The molecule has 0 spiro atoms. The maximum Gasteiger partial charge on any atom is 0.446 e. The molecule has 0 saturated carbocycles. The van der Waals surface area contributed by atoms with E-state index in [2.05, 4.69) is 6.58 Å². The number of anilines is 1. The Morgan fingerprint density at radius 1 is 1.24 bits per heavy atom. The van der Waals surface area contributed by atoms with Gasteiger partial charge in [-0.3, -0.25) is 4.79 Å². The van der Waals surface area contributed by atoms with E-state index in [0.29, 0.717) is 5.57 Å². The van der Waals surface area contributed by atoms with E-state index >= 15 is 0 Å². The largest absolute Gasteiger partial charge is 0.446 e. The average Bonchev–Trinajstić information content (AvgIpc) is 2.74. The van der Waals surface area contributed by atoms with Crippen molar-refractivity contribution in [2.24, 2.45) is 5.73 Å². The van der Waals surface area contributed by atoms with Crippen LogP contribution < -0.4 is 10.6 Å². The fourth-order valence-electron chi connectivity index (χ4n) is 2.78. The Hall–Kier alpha value is -2.75. The molecule has 1 saturated heterocycles. The standard InChI is InChI=1S/C19H19F4N3O2S/c1-4-5-12(10-15(20)24)11-25-17(28)26(16(27)18(25,2)3)13-6-8-14(9-7-13)29-19(21,22)23/h4-10H,1,11,24H2,2-3H3/b12-5+,15-10-. The van der Waals surface area contributed by atoms with Crippen molar-refractivity contribution in [2.45, 2.75) is 29.8 Å². The molecule has 1 aromatic rings. The Balaban J connectivity index is 2.33. The number of nitrogens with zero attached hydrogens (tertiary/aromatic N) is 2. The number of halogens is 4. The molecule has 0 aromatic heterocycles. The summed E-state index contributed by atoms with van der Waals surface area (Å²) in [5.74, 6) is -1.53. The van der Waals surface area contributed by atoms with Crippen LogP contribution in [0.25, 0.3) is 0 Å². The van der Waals surface area contributed by atoms with E-state index in [9.17, 15) is 27.2 Å². The highest BCUT2D eigenvalue weighted by atomic mass is 32.2. The number of rotatable bonds is 6. The lowest BCUT2D eigenvalue weighted by Gasteiger charge is -2.28. The van der Waals surface area contributed by atoms with Crippen molar-refractivity contribution in [2.75, 3.05) is 11.4 Å². The summed E-state index contributed by atoms with van der Waals surface area (Å²) in [6.07, 6.45) is 3.85. The van der Waals surface area contributed by atoms with Gasteiger partial charge >= 0.3 is 11.5 Å². The smallest absolute Gasteiger partial charge is 0.376 e. The summed E-state index contributed by atoms with van der Waals surface area (Å²) in [4.78, 5) is 27.8. The van der Waals surface area contributed by atoms with Crippen LogP contribution in [0, 0.1) is 0 Å². The normalized spacial score (nSPS) is 17.9. The van der Waals surface area contributed by atoms with Crippen molar-refractivity contribution in [1.82, 2.24) is 4.90 Å². The molecule has 5 nitrogen and oxygen atoms in total. The number of imide groups is 1. The first-order valence-electron chi connectivity index (χ1n) is 8.33. The van der Waals surface area contributed by atoms with Crippen molar-refractivity contribution in [3.8, 4) is 0 Å². The summed E-state index contributed by atoms with van der Waals surface area (Å²) in [7, 11) is 0. The molecular weight excluding hydrogens is 410 g/mol. The SMILES string of the molecule is C=C/C=C(\C=C(/N)F)CN1C(=O)N(c2ccc(SC(F)(F)F)cc2)C(=O)C1(C)C. The number of hydrogen-bond acceptors (Lipinski definition) is 4. The first kappa shape index (κ1) is 22.5. The van der Waals surface area contributed by atoms with Crippen molar-refractivity contribution in [1.29, 1.82) is 0 Å². The molecule has 1 aliphatic rings. The van der Waals surface area contributed by atoms with Crippen molar-refractivity contribution < 1.29 is 27.2 Å². The zero-order chi connectivity index (χ0) is 22.0. The lowest BCUT2D eigenvalue weighted by Crippen LogP contribution is -2.45. The molecule has 0 aliphatic carbocycles. The van der Waals surface area contributed by atoms with Gasteiger partial charge in [0.1, 0.15) is 5.54 Å². The van der Waals surface area contributed by atoms with Gasteiger partial charge in [-0.1, -0.05) is 18.7 Å². The maximum atomic E-state index is 13.1. The number of urea groups is 1. The monoisotopic (exact) mass is 429 g/mol. The number of alkyl halides is 3. The van der Waals surface area contributed by atoms with Crippen LogP contribution in [-0.2, 0) is 4.79 Å². The zero-order valence-electron chi connectivity index (χ0n) is 15.7. The molecule has 2 rings (SSSR count). The molecule has 29 heavy (non-hydrogen) atoms. The summed E-state index contributed by atoms with van der Waals surface area (Å²) in [5.41, 5.74) is -0.204. The Kier molecular flexibility index (Phi) is 6.46. The Labute approximate surface area is 169 Å². The molecule has 1 aliphatic heterocycles. The molecule has 0 radical (unpaired) electrons. The number of benzene rings is 1. The molecular formula is C19H19F4N3O2S. The molecule has 156 valence electrons. The minimum atomic E-state index is -4.45. The third-order valence-electron chi connectivity index (χ3n) is 4.15. The lowest BCUT2D eigenvalue weighted by atomic mass is 10.0. The van der Waals surface area contributed by atoms with Crippen molar-refractivity contribution in [3.05, 3.63) is 60.6 Å². The van der Waals surface area contributed by atoms with Crippen LogP contribution in [0.3, 0.4) is 0 Å². The van der Waals surface area contributed by atoms with Gasteiger partial charge in [0.25, 0.3) is 5.91 Å². The van der Waals surface area contributed by atoms with Gasteiger partial charge in [-0.15, -0.1) is 0 Å². The molecule has 1 aromatic carbocycles. The van der Waals surface area contributed by atoms with Crippen LogP contribution in [0.2, 0.25) is 0 Å². The van der Waals surface area contributed by atoms with Crippen LogP contribution in [0.4, 0.5) is 28.0 Å². The minimum Gasteiger partial charge on any atom is -0.376 e. The van der Waals surface area contributed by atoms with Crippen molar-refractivity contribution >= 4 is 29.4 Å². The third kappa shape index (κ3) is 5.20. The second-order valence-electron chi connectivity index (χ2n) is 6.62. The number of nitrogens with two attached hydrogens (primary N) is 1. The number of carbonyl (C=O) groups excluding carboxylic acids is 2. The first-order valence-corrected chi connectivity index (χ1v) is 9.14. The molecule has 2 N–H and O–H groups in total. The second-order valence-corrected chi connectivity index (χ2v) is 7.75. The van der Waals surface area contributed by atoms with Crippen molar-refractivity contribution in [3.63, 3.8) is 0 Å². The molecule has 1 heterocycles. The van der Waals surface area contributed by atoms with E-state index in [-0.39, 0.29) is 28.9 Å². The quantitative estimate of drug-likeness (QED) is 0.234. The Bertz CT molecular complexity index is 872. The summed E-state index contributed by atoms with van der Waals surface area (Å²) < 4.78 is 50.6. The Morgan fingerprint density at radius 3 is 2.31 bits per heavy atom. The van der Waals surface area contributed by atoms with E-state index in [1.165, 1.54) is 55.2 Å². The van der Waals surface area contributed by atoms with Gasteiger partial charge < -0.3 is 10.6 Å². The predicted octanol–water partition coefficient (Wildman–Crippen LogP) is 4.73. The summed E-state index contributed by atoms with van der Waals surface area (Å²) in [5, 5.41) is 0. The highest BCUT2D eigenvalue weighted by molar-refractivity contribution is 8.00. The second kappa shape index (κ2) is 8.32. The molecule has 1 fully saturated rings. The highest BCUT2D eigenvalue weighted by Crippen LogP contribution is 2.38. The summed E-state index contributed by atoms with van der Waals surface area (Å²) >= 11 is -0.296. The molecule has 3 amide bonds. The molecule has 10 heteroatoms. The van der Waals surface area contributed by atoms with Gasteiger partial charge in [-0.25, -0.2) is 9.69 Å². The van der Waals surface area contributed by atoms with Crippen LogP contribution in [-0.4, -0.2) is 34.4 Å². The number of hydrogen-bond donors (Lipinski definition) is 1. The van der Waals surface area contributed by atoms with E-state index in [1.807, 2.05) is 0 Å². The topological polar surface area (TPSA) is 66.6 Å². The van der Waals surface area contributed by atoms with Crippen LogP contribution >= 0.6 is 11.8 Å². The number of allylic oxidation sites excluding steroid dienone is 2. The average molecular weight is 429 g/mol. The van der Waals surface area contributed by atoms with Crippen LogP contribution in [0.1, 0.15) is 13.8 Å². The number of carbonyl (C=O) groups is 2. The molecule has 0 unspecified atom stereocenters. The lowest BCUT2D eigenvalue weighted by molar-refractivity contribution is -0.123. The number of thioether (sulfide) groups is 1. The van der Waals surface area contributed by atoms with E-state index < -0.39 is 28.9 Å². The van der Waals surface area contributed by atoms with Gasteiger partial charge in [0.2, 0.25) is 0 Å². The van der Waals surface area contributed by atoms with Gasteiger partial charge in [-0.2, -0.15) is 17.6 Å². The summed E-state index contributed by atoms with van der Waals surface area (Å²) in [6, 6.07) is 4.21. The minimum absolute atomic E-state index is 0.0729. The fraction of sp³-hybridized carbons (Fsp3) is 0.263. The Morgan fingerprint density at radius 2 is 1.83 bits per heavy atom. The highest BCUT2D eigenvalue weighted by Gasteiger charge is 2.51. The first-order chi connectivity index (χ1) is 13.4. The third-order valence-corrected chi connectivity index (χ3v) is 4.89. The van der Waals surface area contributed by atoms with Gasteiger partial charge in [0.05, 0.1) is 5.69 Å². The predicted molar refractivity (Wildman–Crippen MR) is 104 cm³/mol. The number of amides is 3. The van der Waals surface area contributed by atoms with Gasteiger partial charge in [-0.05, 0) is 61.5 Å². The van der Waals surface area contributed by atoms with E-state index in [4.69, 9.17) is 5.73 Å². The van der Waals surface area contributed by atoms with Gasteiger partial charge in [0.15, 0.2) is 5.95 Å². The fourth-order valence-corrected chi connectivity index (χ4v) is 3.32. The van der Waals surface area contributed by atoms with Crippen LogP contribution in [0.15, 0.2) is 65.5 Å². The zero-order valence-corrected chi connectivity index (χ0v) is 16.5. The van der Waals surface area contributed by atoms with Gasteiger partial charge in [0, 0.05) is 11.4 Å². The van der Waals surface area contributed by atoms with Crippen LogP contribution in [0.5, 0.6) is 0 Å². The van der Waals surface area contributed by atoms with E-state index in [1.54, 1.807) is 0 Å².